The fraction of sp³-hybridized carbons (Fsp3) is 0.167. The van der Waals surface area contributed by atoms with Crippen LogP contribution in [0.3, 0.4) is 0 Å². The first-order valence-corrected chi connectivity index (χ1v) is 5.08. The number of aromatic nitrogens is 2. The van der Waals surface area contributed by atoms with Crippen LogP contribution in [0.5, 0.6) is 0 Å². The third kappa shape index (κ3) is 2.04. The number of rotatable bonds is 1. The molecule has 0 aliphatic rings. The van der Waals surface area contributed by atoms with E-state index in [4.69, 9.17) is 0 Å². The lowest BCUT2D eigenvalue weighted by atomic mass is 10.2. The molecule has 0 aliphatic carbocycles. The highest BCUT2D eigenvalue weighted by atomic mass is 19.1. The second kappa shape index (κ2) is 4.01. The van der Waals surface area contributed by atoms with Crippen molar-refractivity contribution in [2.75, 3.05) is 0 Å². The van der Waals surface area contributed by atoms with Gasteiger partial charge < -0.3 is 0 Å². The van der Waals surface area contributed by atoms with Gasteiger partial charge in [0.1, 0.15) is 5.82 Å². The summed E-state index contributed by atoms with van der Waals surface area (Å²) in [7, 11) is 0. The molecule has 1 aromatic heterocycles. The average molecular weight is 234 g/mol. The molecule has 4 nitrogen and oxygen atoms in total. The Morgan fingerprint density at radius 2 is 1.88 bits per heavy atom. The zero-order valence-electron chi connectivity index (χ0n) is 9.45. The number of H-pyrrole nitrogens is 1. The van der Waals surface area contributed by atoms with Gasteiger partial charge in [0.25, 0.3) is 5.56 Å². The summed E-state index contributed by atoms with van der Waals surface area (Å²) in [6.45, 7) is 3.38. The van der Waals surface area contributed by atoms with Crippen molar-refractivity contribution in [3.63, 3.8) is 0 Å². The molecule has 1 aromatic carbocycles. The fourth-order valence-electron chi connectivity index (χ4n) is 1.71. The summed E-state index contributed by atoms with van der Waals surface area (Å²) in [4.78, 5) is 24.9. The zero-order chi connectivity index (χ0) is 12.6. The topological polar surface area (TPSA) is 54.9 Å². The maximum Gasteiger partial charge on any atom is 0.333 e. The molecule has 0 unspecified atom stereocenters. The molecule has 0 aliphatic heterocycles. The smallest absolute Gasteiger partial charge is 0.274 e. The number of hydrogen-bond acceptors (Lipinski definition) is 2. The van der Waals surface area contributed by atoms with Crippen molar-refractivity contribution in [2.45, 2.75) is 13.8 Å². The predicted octanol–water partition coefficient (Wildman–Crippen LogP) is 1.28. The van der Waals surface area contributed by atoms with Crippen LogP contribution in [-0.2, 0) is 0 Å². The molecule has 17 heavy (non-hydrogen) atoms. The summed E-state index contributed by atoms with van der Waals surface area (Å²) in [5.41, 5.74) is 0.238. The van der Waals surface area contributed by atoms with Crippen molar-refractivity contribution in [3.8, 4) is 5.69 Å². The Hall–Kier alpha value is -2.17. The van der Waals surface area contributed by atoms with Crippen molar-refractivity contribution < 1.29 is 4.39 Å². The molecule has 0 amide bonds. The number of halogens is 1. The molecule has 2 aromatic rings. The molecule has 1 N–H and O–H groups in total. The third-order valence-corrected chi connectivity index (χ3v) is 2.47. The third-order valence-electron chi connectivity index (χ3n) is 2.47. The van der Waals surface area contributed by atoms with E-state index in [1.807, 2.05) is 0 Å². The van der Waals surface area contributed by atoms with Crippen molar-refractivity contribution in [1.29, 1.82) is 0 Å². The highest BCUT2D eigenvalue weighted by molar-refractivity contribution is 5.38. The summed E-state index contributed by atoms with van der Waals surface area (Å²) < 4.78 is 14.8. The van der Waals surface area contributed by atoms with Crippen LogP contribution in [0, 0.1) is 19.7 Å². The van der Waals surface area contributed by atoms with Gasteiger partial charge >= 0.3 is 5.69 Å². The highest BCUT2D eigenvalue weighted by Gasteiger charge is 2.09. The minimum Gasteiger partial charge on any atom is -0.274 e. The molecular formula is C12H11FN2O2. The number of nitrogens with one attached hydrogen (secondary N) is 1. The molecule has 88 valence electrons. The van der Waals surface area contributed by atoms with Gasteiger partial charge in [0.15, 0.2) is 0 Å². The van der Waals surface area contributed by atoms with E-state index in [1.165, 1.54) is 12.1 Å². The Balaban J connectivity index is 2.81. The molecule has 5 heteroatoms. The molecule has 0 radical (unpaired) electrons. The molecule has 0 saturated heterocycles. The summed E-state index contributed by atoms with van der Waals surface area (Å²) in [6.07, 6.45) is 0. The predicted molar refractivity (Wildman–Crippen MR) is 62.1 cm³/mol. The Bertz CT molecular complexity index is 686. The minimum atomic E-state index is -0.639. The van der Waals surface area contributed by atoms with Crippen molar-refractivity contribution >= 4 is 0 Å². The maximum absolute atomic E-state index is 13.7. The zero-order valence-corrected chi connectivity index (χ0v) is 9.45. The summed E-state index contributed by atoms with van der Waals surface area (Å²) in [6, 6.07) is 5.72. The number of hydrogen-bond donors (Lipinski definition) is 1. The number of nitrogens with zero attached hydrogens (tertiary/aromatic N) is 1. The average Bonchev–Trinajstić information content (AvgIpc) is 2.21. The van der Waals surface area contributed by atoms with Crippen LogP contribution in [0.4, 0.5) is 4.39 Å². The molecule has 0 fully saturated rings. The first-order chi connectivity index (χ1) is 7.99. The molecule has 0 bridgehead atoms. The van der Waals surface area contributed by atoms with E-state index in [-0.39, 0.29) is 5.69 Å². The van der Waals surface area contributed by atoms with Crippen molar-refractivity contribution in [2.24, 2.45) is 0 Å². The van der Waals surface area contributed by atoms with Gasteiger partial charge in [-0.05, 0) is 31.5 Å². The van der Waals surface area contributed by atoms with Crippen LogP contribution >= 0.6 is 0 Å². The van der Waals surface area contributed by atoms with Gasteiger partial charge in [-0.1, -0.05) is 6.07 Å². The minimum absolute atomic E-state index is 0.142. The van der Waals surface area contributed by atoms with Crippen LogP contribution in [0.25, 0.3) is 5.69 Å². The van der Waals surface area contributed by atoms with Crippen LogP contribution < -0.4 is 11.2 Å². The lowest BCUT2D eigenvalue weighted by molar-refractivity contribution is 0.611. The van der Waals surface area contributed by atoms with Gasteiger partial charge in [-0.2, -0.15) is 0 Å². The van der Waals surface area contributed by atoms with E-state index >= 15 is 0 Å². The summed E-state index contributed by atoms with van der Waals surface area (Å²) in [5.74, 6) is -0.507. The molecule has 2 rings (SSSR count). The Labute approximate surface area is 96.4 Å². The molecule has 0 atom stereocenters. The van der Waals surface area contributed by atoms with Gasteiger partial charge in [-0.15, -0.1) is 0 Å². The van der Waals surface area contributed by atoms with Gasteiger partial charge in [0.05, 0.1) is 5.69 Å². The van der Waals surface area contributed by atoms with Crippen LogP contribution in [0.15, 0.2) is 33.9 Å². The first-order valence-electron chi connectivity index (χ1n) is 5.08. The van der Waals surface area contributed by atoms with E-state index in [1.54, 1.807) is 26.0 Å². The van der Waals surface area contributed by atoms with E-state index in [9.17, 15) is 14.0 Å². The maximum atomic E-state index is 13.7. The summed E-state index contributed by atoms with van der Waals surface area (Å²) >= 11 is 0. The van der Waals surface area contributed by atoms with E-state index in [0.717, 1.165) is 10.1 Å². The quantitative estimate of drug-likeness (QED) is 0.808. The second-order valence-corrected chi connectivity index (χ2v) is 3.87. The highest BCUT2D eigenvalue weighted by Crippen LogP contribution is 2.14. The largest absolute Gasteiger partial charge is 0.333 e. The summed E-state index contributed by atoms with van der Waals surface area (Å²) in [5, 5.41) is 0. The van der Waals surface area contributed by atoms with Crippen molar-refractivity contribution in [1.82, 2.24) is 9.55 Å². The molecular weight excluding hydrogens is 223 g/mol. The SMILES string of the molecule is Cc1ccc(F)c(-n2c(C)cc(=O)[nH]c2=O)c1. The van der Waals surface area contributed by atoms with E-state index < -0.39 is 17.1 Å². The Morgan fingerprint density at radius 1 is 1.18 bits per heavy atom. The standard InChI is InChI=1S/C12H11FN2O2/c1-7-3-4-9(13)10(5-7)15-8(2)6-11(16)14-12(15)17/h3-6H,1-2H3,(H,14,16,17). The van der Waals surface area contributed by atoms with Crippen molar-refractivity contribution in [3.05, 3.63) is 62.2 Å². The second-order valence-electron chi connectivity index (χ2n) is 3.87. The lowest BCUT2D eigenvalue weighted by Crippen LogP contribution is -2.30. The van der Waals surface area contributed by atoms with Gasteiger partial charge in [0, 0.05) is 11.8 Å². The fourth-order valence-corrected chi connectivity index (χ4v) is 1.71. The normalized spacial score (nSPS) is 10.5. The van der Waals surface area contributed by atoms with Gasteiger partial charge in [0.2, 0.25) is 0 Å². The molecule has 1 heterocycles. The van der Waals surface area contributed by atoms with E-state index in [2.05, 4.69) is 4.98 Å². The Kier molecular flexibility index (Phi) is 2.67. The molecule has 0 spiro atoms. The van der Waals surface area contributed by atoms with Crippen LogP contribution in [-0.4, -0.2) is 9.55 Å². The first kappa shape index (κ1) is 11.3. The van der Waals surface area contributed by atoms with Crippen LogP contribution in [0.2, 0.25) is 0 Å². The number of benzene rings is 1. The van der Waals surface area contributed by atoms with E-state index in [0.29, 0.717) is 5.69 Å². The van der Waals surface area contributed by atoms with Gasteiger partial charge in [-0.25, -0.2) is 9.18 Å². The van der Waals surface area contributed by atoms with Crippen LogP contribution in [0.1, 0.15) is 11.3 Å². The molecule has 0 saturated carbocycles. The van der Waals surface area contributed by atoms with Gasteiger partial charge in [-0.3, -0.25) is 14.3 Å². The lowest BCUT2D eigenvalue weighted by Gasteiger charge is -2.10. The Morgan fingerprint density at radius 3 is 2.53 bits per heavy atom. The number of aryl methyl sites for hydroxylation is 2. The number of aromatic amines is 1. The monoisotopic (exact) mass is 234 g/mol.